The molecule has 0 radical (unpaired) electrons. The molecule has 58 heavy (non-hydrogen) atoms. The Morgan fingerprint density at radius 2 is 1.36 bits per heavy atom. The van der Waals surface area contributed by atoms with E-state index in [1.807, 2.05) is 13.0 Å². The predicted octanol–water partition coefficient (Wildman–Crippen LogP) is 9.78. The van der Waals surface area contributed by atoms with Gasteiger partial charge < -0.3 is 30.8 Å². The van der Waals surface area contributed by atoms with Crippen molar-refractivity contribution < 1.29 is 37.4 Å². The van der Waals surface area contributed by atoms with Gasteiger partial charge in [-0.1, -0.05) is 64.3 Å². The molecular weight excluding hydrogens is 756 g/mol. The van der Waals surface area contributed by atoms with Gasteiger partial charge in [0.2, 0.25) is 10.9 Å². The Balaban J connectivity index is 0.000000196. The Labute approximate surface area is 330 Å². The summed E-state index contributed by atoms with van der Waals surface area (Å²) in [4.78, 5) is 56.3. The first-order valence-electron chi connectivity index (χ1n) is 18.7. The molecule has 1 saturated carbocycles. The first-order chi connectivity index (χ1) is 27.4. The van der Waals surface area contributed by atoms with Crippen LogP contribution in [0.3, 0.4) is 0 Å². The summed E-state index contributed by atoms with van der Waals surface area (Å²) in [6, 6.07) is 16.0. The molecule has 1 aliphatic carbocycles. The van der Waals surface area contributed by atoms with Crippen LogP contribution in [0.1, 0.15) is 102 Å². The second kappa shape index (κ2) is 16.2. The lowest BCUT2D eigenvalue weighted by Crippen LogP contribution is -2.26. The zero-order valence-corrected chi connectivity index (χ0v) is 32.2. The maximum absolute atomic E-state index is 14.8. The topological polar surface area (TPSA) is 164 Å². The van der Waals surface area contributed by atoms with Gasteiger partial charge in [-0.2, -0.15) is 13.2 Å². The van der Waals surface area contributed by atoms with Gasteiger partial charge in [-0.05, 0) is 72.6 Å². The van der Waals surface area contributed by atoms with Gasteiger partial charge in [0.1, 0.15) is 28.4 Å². The van der Waals surface area contributed by atoms with Crippen molar-refractivity contribution >= 4 is 45.0 Å². The Kier molecular flexibility index (Phi) is 11.5. The van der Waals surface area contributed by atoms with E-state index >= 15 is 0 Å². The molecule has 302 valence electrons. The summed E-state index contributed by atoms with van der Waals surface area (Å²) >= 11 is 0. The molecule has 10 nitrogen and oxygen atoms in total. The maximum Gasteiger partial charge on any atom is 0.418 e. The van der Waals surface area contributed by atoms with E-state index in [9.17, 15) is 47.0 Å². The zero-order valence-electron chi connectivity index (χ0n) is 32.2. The van der Waals surface area contributed by atoms with Gasteiger partial charge in [-0.15, -0.1) is 0 Å². The molecule has 7 rings (SSSR count). The molecule has 2 amide bonds. The van der Waals surface area contributed by atoms with Crippen LogP contribution in [-0.2, 0) is 11.6 Å². The van der Waals surface area contributed by atoms with E-state index in [-0.39, 0.29) is 50.6 Å². The van der Waals surface area contributed by atoms with E-state index in [4.69, 9.17) is 0 Å². The number of aromatic amines is 2. The second-order valence-corrected chi connectivity index (χ2v) is 15.1. The van der Waals surface area contributed by atoms with Gasteiger partial charge in [0.15, 0.2) is 0 Å². The lowest BCUT2D eigenvalue weighted by atomic mass is 9.70. The fourth-order valence-corrected chi connectivity index (χ4v) is 7.47. The van der Waals surface area contributed by atoms with Crippen LogP contribution in [0.15, 0.2) is 88.7 Å². The number of hydrogen-bond donors (Lipinski definition) is 6. The molecule has 14 heteroatoms. The number of aryl methyl sites for hydroxylation is 1. The third-order valence-corrected chi connectivity index (χ3v) is 10.7. The minimum atomic E-state index is -4.75. The molecule has 0 atom stereocenters. The SMILES string of the molecule is CC(C)c1cc(C(F)(F)F)c(NC(=O)c2c[nH]c3ccccc3c2=O)cc1O.Cc1cccc2[nH]cc(C(=O)Nc3cc(O)c(C4(C)CCCCC4)cc3F)c(=O)c12. The van der Waals surface area contributed by atoms with Gasteiger partial charge in [-0.3, -0.25) is 19.2 Å². The number of aromatic hydroxyl groups is 2. The number of nitrogens with one attached hydrogen (secondary N) is 4. The van der Waals surface area contributed by atoms with E-state index in [2.05, 4.69) is 20.6 Å². The number of aromatic nitrogens is 2. The summed E-state index contributed by atoms with van der Waals surface area (Å²) in [5.41, 5.74) is -1.07. The quantitative estimate of drug-likeness (QED) is 0.0919. The van der Waals surface area contributed by atoms with E-state index < -0.39 is 45.9 Å². The van der Waals surface area contributed by atoms with Crippen LogP contribution in [0.25, 0.3) is 21.8 Å². The van der Waals surface area contributed by atoms with Crippen LogP contribution in [0.4, 0.5) is 28.9 Å². The molecule has 1 aliphatic rings. The molecule has 0 aliphatic heterocycles. The average molecular weight is 799 g/mol. The highest BCUT2D eigenvalue weighted by atomic mass is 19.4. The predicted molar refractivity (Wildman–Crippen MR) is 215 cm³/mol. The van der Waals surface area contributed by atoms with Gasteiger partial charge >= 0.3 is 6.18 Å². The molecule has 6 N–H and O–H groups in total. The standard InChI is InChI=1S/C24H25FN2O3.C20H17F3N2O3/c1-14-7-6-8-18-21(14)22(29)15(13-26-18)23(30)27-19-12-20(28)16(11-17(19)25)24(2)9-4-3-5-10-24;1-10(2)12-7-14(20(21,22)23)16(8-17(12)26)25-19(28)13-9-24-15-6-4-3-5-11(15)18(13)27/h6-8,11-13,28H,3-5,9-10H2,1-2H3,(H,26,29)(H,27,30);3-10,26H,1-2H3,(H,24,27)(H,25,28). The summed E-state index contributed by atoms with van der Waals surface area (Å²) in [5.74, 6) is -3.12. The Bertz CT molecular complexity index is 2680. The lowest BCUT2D eigenvalue weighted by Gasteiger charge is -2.34. The number of anilines is 2. The zero-order chi connectivity index (χ0) is 42.1. The molecule has 6 aromatic rings. The summed E-state index contributed by atoms with van der Waals surface area (Å²) in [7, 11) is 0. The number of benzene rings is 4. The fraction of sp³-hybridized carbons (Fsp3) is 0.273. The number of carbonyl (C=O) groups excluding carboxylic acids is 2. The number of halogens is 4. The molecule has 2 aromatic heterocycles. The Hall–Kier alpha value is -6.44. The highest BCUT2D eigenvalue weighted by molar-refractivity contribution is 6.07. The minimum absolute atomic E-state index is 0.0423. The highest BCUT2D eigenvalue weighted by Gasteiger charge is 2.36. The normalized spacial score (nSPS) is 13.9. The third-order valence-electron chi connectivity index (χ3n) is 10.7. The van der Waals surface area contributed by atoms with Crippen molar-refractivity contribution in [3.05, 3.63) is 139 Å². The summed E-state index contributed by atoms with van der Waals surface area (Å²) in [6.07, 6.45) is 2.72. The van der Waals surface area contributed by atoms with Gasteiger partial charge in [0.05, 0.1) is 16.9 Å². The number of fused-ring (bicyclic) bond motifs is 2. The number of amides is 2. The van der Waals surface area contributed by atoms with Crippen LogP contribution in [0, 0.1) is 12.7 Å². The monoisotopic (exact) mass is 798 g/mol. The van der Waals surface area contributed by atoms with Crippen molar-refractivity contribution in [2.45, 2.75) is 77.3 Å². The number of H-pyrrole nitrogens is 2. The van der Waals surface area contributed by atoms with Crippen molar-refractivity contribution in [3.8, 4) is 11.5 Å². The lowest BCUT2D eigenvalue weighted by molar-refractivity contribution is -0.137. The summed E-state index contributed by atoms with van der Waals surface area (Å²) in [6.45, 7) is 7.11. The Morgan fingerprint density at radius 3 is 2.02 bits per heavy atom. The Morgan fingerprint density at radius 1 is 0.776 bits per heavy atom. The fourth-order valence-electron chi connectivity index (χ4n) is 7.47. The molecule has 2 heterocycles. The number of para-hydroxylation sites is 1. The third kappa shape index (κ3) is 8.31. The number of phenolic OH excluding ortho intramolecular Hbond substituents is 2. The van der Waals surface area contributed by atoms with Crippen molar-refractivity contribution in [1.29, 1.82) is 0 Å². The number of rotatable bonds is 6. The van der Waals surface area contributed by atoms with Crippen LogP contribution in [0.2, 0.25) is 0 Å². The number of carbonyl (C=O) groups is 2. The average Bonchev–Trinajstić information content (AvgIpc) is 3.16. The number of pyridine rings is 2. The van der Waals surface area contributed by atoms with Crippen LogP contribution in [-0.4, -0.2) is 32.0 Å². The molecule has 1 fully saturated rings. The number of phenols is 2. The molecule has 0 saturated heterocycles. The summed E-state index contributed by atoms with van der Waals surface area (Å²) < 4.78 is 55.2. The minimum Gasteiger partial charge on any atom is -0.508 e. The van der Waals surface area contributed by atoms with Crippen molar-refractivity contribution in [3.63, 3.8) is 0 Å². The van der Waals surface area contributed by atoms with Crippen LogP contribution < -0.4 is 21.5 Å². The second-order valence-electron chi connectivity index (χ2n) is 15.1. The maximum atomic E-state index is 14.8. The van der Waals surface area contributed by atoms with E-state index in [1.165, 1.54) is 24.4 Å². The highest BCUT2D eigenvalue weighted by Crippen LogP contribution is 2.44. The van der Waals surface area contributed by atoms with E-state index in [1.54, 1.807) is 51.1 Å². The van der Waals surface area contributed by atoms with Crippen molar-refractivity contribution in [2.24, 2.45) is 0 Å². The largest absolute Gasteiger partial charge is 0.508 e. The molecule has 0 unspecified atom stereocenters. The van der Waals surface area contributed by atoms with Crippen LogP contribution in [0.5, 0.6) is 11.5 Å². The molecular formula is C44H42F4N4O6. The van der Waals surface area contributed by atoms with Gasteiger partial charge in [-0.25, -0.2) is 4.39 Å². The first-order valence-corrected chi connectivity index (χ1v) is 18.7. The number of alkyl halides is 3. The van der Waals surface area contributed by atoms with Crippen molar-refractivity contribution in [1.82, 2.24) is 9.97 Å². The molecule has 0 bridgehead atoms. The summed E-state index contributed by atoms with van der Waals surface area (Å²) in [5, 5.41) is 25.8. The van der Waals surface area contributed by atoms with Crippen LogP contribution >= 0.6 is 0 Å². The van der Waals surface area contributed by atoms with Crippen molar-refractivity contribution in [2.75, 3.05) is 10.6 Å². The smallest absolute Gasteiger partial charge is 0.418 e. The van der Waals surface area contributed by atoms with E-state index in [0.717, 1.165) is 56.0 Å². The first kappa shape index (κ1) is 41.2. The van der Waals surface area contributed by atoms with Gasteiger partial charge in [0, 0.05) is 51.9 Å². The molecule has 4 aromatic carbocycles. The van der Waals surface area contributed by atoms with E-state index in [0.29, 0.717) is 22.0 Å². The number of hydrogen-bond acceptors (Lipinski definition) is 6. The van der Waals surface area contributed by atoms with Gasteiger partial charge in [0.25, 0.3) is 11.8 Å². The molecule has 0 spiro atoms.